The number of benzene rings is 1. The molecule has 3 heteroatoms. The number of nitrogens with zero attached hydrogens (tertiary/aromatic N) is 1. The molecule has 72 valence electrons. The first-order valence-corrected chi connectivity index (χ1v) is 4.35. The monoisotopic (exact) mass is 189 g/mol. The average molecular weight is 189 g/mol. The molecule has 1 rings (SSSR count). The molecule has 0 N–H and O–H groups in total. The normalized spacial score (nSPS) is 10.4. The summed E-state index contributed by atoms with van der Waals surface area (Å²) in [7, 11) is 0. The van der Waals surface area contributed by atoms with Crippen LogP contribution in [0.25, 0.3) is 0 Å². The number of hydrogen-bond acceptors (Lipinski definition) is 3. The second kappa shape index (κ2) is 5.07. The van der Waals surface area contributed by atoms with Crippen LogP contribution in [0, 0.1) is 0 Å². The Morgan fingerprint density at radius 3 is 2.00 bits per heavy atom. The zero-order valence-corrected chi connectivity index (χ0v) is 7.93. The lowest BCUT2D eigenvalue weighted by molar-refractivity contribution is 0.112. The van der Waals surface area contributed by atoms with Crippen molar-refractivity contribution in [3.8, 4) is 0 Å². The second-order valence-electron chi connectivity index (χ2n) is 2.80. The summed E-state index contributed by atoms with van der Waals surface area (Å²) in [5.41, 5.74) is 1.76. The first-order chi connectivity index (χ1) is 6.80. The highest BCUT2D eigenvalue weighted by atomic mass is 16.1. The highest BCUT2D eigenvalue weighted by Crippen LogP contribution is 2.05. The zero-order chi connectivity index (χ0) is 10.4. The number of carbonyl (C=O) groups is 2. The van der Waals surface area contributed by atoms with Gasteiger partial charge in [0.2, 0.25) is 0 Å². The van der Waals surface area contributed by atoms with Gasteiger partial charge in [-0.25, -0.2) is 0 Å². The molecular weight excluding hydrogens is 178 g/mol. The van der Waals surface area contributed by atoms with Crippen LogP contribution in [-0.2, 0) is 0 Å². The first kappa shape index (κ1) is 10.3. The predicted octanol–water partition coefficient (Wildman–Crippen LogP) is 1.75. The van der Waals surface area contributed by atoms with E-state index in [2.05, 4.69) is 4.99 Å². The molecule has 3 nitrogen and oxygen atoms in total. The van der Waals surface area contributed by atoms with E-state index in [1.54, 1.807) is 24.4 Å². The Labute approximate surface area is 82.5 Å². The van der Waals surface area contributed by atoms with Crippen LogP contribution in [-0.4, -0.2) is 25.3 Å². The molecule has 0 radical (unpaired) electrons. The van der Waals surface area contributed by atoms with Crippen LogP contribution in [0.2, 0.25) is 0 Å². The maximum Gasteiger partial charge on any atom is 0.150 e. The molecule has 0 saturated heterocycles. The Morgan fingerprint density at radius 2 is 1.57 bits per heavy atom. The molecule has 0 unspecified atom stereocenters. The van der Waals surface area contributed by atoms with Crippen molar-refractivity contribution < 1.29 is 9.59 Å². The van der Waals surface area contributed by atoms with Crippen LogP contribution in [0.1, 0.15) is 33.2 Å². The van der Waals surface area contributed by atoms with Gasteiger partial charge < -0.3 is 0 Å². The van der Waals surface area contributed by atoms with Gasteiger partial charge in [0.15, 0.2) is 0 Å². The van der Waals surface area contributed by atoms with Crippen molar-refractivity contribution in [2.75, 3.05) is 6.54 Å². The van der Waals surface area contributed by atoms with E-state index in [1.807, 2.05) is 6.92 Å². The van der Waals surface area contributed by atoms with E-state index < -0.39 is 0 Å². The van der Waals surface area contributed by atoms with E-state index in [0.29, 0.717) is 17.7 Å². The van der Waals surface area contributed by atoms with Crippen molar-refractivity contribution in [1.82, 2.24) is 0 Å². The van der Waals surface area contributed by atoms with Crippen molar-refractivity contribution in [3.05, 3.63) is 34.9 Å². The van der Waals surface area contributed by atoms with Crippen LogP contribution in [0.5, 0.6) is 0 Å². The van der Waals surface area contributed by atoms with Crippen molar-refractivity contribution >= 4 is 18.8 Å². The first-order valence-electron chi connectivity index (χ1n) is 4.35. The van der Waals surface area contributed by atoms with E-state index in [-0.39, 0.29) is 0 Å². The molecule has 0 heterocycles. The smallest absolute Gasteiger partial charge is 0.150 e. The maximum absolute atomic E-state index is 10.5. The van der Waals surface area contributed by atoms with Crippen molar-refractivity contribution in [3.63, 3.8) is 0 Å². The quantitative estimate of drug-likeness (QED) is 0.535. The summed E-state index contributed by atoms with van der Waals surface area (Å²) >= 11 is 0. The van der Waals surface area contributed by atoms with Crippen LogP contribution >= 0.6 is 0 Å². The molecule has 0 spiro atoms. The molecular formula is C11H11NO2. The van der Waals surface area contributed by atoms with Crippen LogP contribution in [0.15, 0.2) is 23.2 Å². The van der Waals surface area contributed by atoms with Gasteiger partial charge in [-0.3, -0.25) is 14.6 Å². The molecule has 1 aromatic carbocycles. The summed E-state index contributed by atoms with van der Waals surface area (Å²) in [4.78, 5) is 25.1. The van der Waals surface area contributed by atoms with Gasteiger partial charge in [-0.15, -0.1) is 0 Å². The Hall–Kier alpha value is -1.77. The summed E-state index contributed by atoms with van der Waals surface area (Å²) < 4.78 is 0. The molecule has 0 aliphatic heterocycles. The summed E-state index contributed by atoms with van der Waals surface area (Å²) in [6, 6.07) is 4.93. The van der Waals surface area contributed by atoms with Crippen molar-refractivity contribution in [1.29, 1.82) is 0 Å². The number of aliphatic imine (C=N–C) groups is 1. The van der Waals surface area contributed by atoms with Crippen LogP contribution in [0.3, 0.4) is 0 Å². The Morgan fingerprint density at radius 1 is 1.07 bits per heavy atom. The Bertz CT molecular complexity index is 343. The van der Waals surface area contributed by atoms with Gasteiger partial charge in [-0.05, 0) is 30.7 Å². The standard InChI is InChI=1S/C11H11NO2/c1-2-12-6-9-3-10(7-13)5-11(4-9)8-14/h3-8H,2H2,1H3. The third kappa shape index (κ3) is 2.62. The van der Waals surface area contributed by atoms with E-state index in [1.165, 1.54) is 0 Å². The zero-order valence-electron chi connectivity index (χ0n) is 7.93. The summed E-state index contributed by atoms with van der Waals surface area (Å²) in [5.74, 6) is 0. The lowest BCUT2D eigenvalue weighted by Gasteiger charge is -1.97. The minimum Gasteiger partial charge on any atom is -0.298 e. The Kier molecular flexibility index (Phi) is 3.73. The lowest BCUT2D eigenvalue weighted by atomic mass is 10.1. The van der Waals surface area contributed by atoms with Gasteiger partial charge in [-0.2, -0.15) is 0 Å². The van der Waals surface area contributed by atoms with Crippen LogP contribution < -0.4 is 0 Å². The molecule has 0 aromatic heterocycles. The van der Waals surface area contributed by atoms with Gasteiger partial charge in [0, 0.05) is 23.9 Å². The fourth-order valence-corrected chi connectivity index (χ4v) is 1.11. The summed E-state index contributed by atoms with van der Waals surface area (Å²) in [6.45, 7) is 2.60. The molecule has 0 bridgehead atoms. The van der Waals surface area contributed by atoms with Gasteiger partial charge in [-0.1, -0.05) is 0 Å². The van der Waals surface area contributed by atoms with Gasteiger partial charge >= 0.3 is 0 Å². The molecule has 0 saturated carbocycles. The van der Waals surface area contributed by atoms with E-state index in [9.17, 15) is 9.59 Å². The number of hydrogen-bond donors (Lipinski definition) is 0. The lowest BCUT2D eigenvalue weighted by Crippen LogP contribution is -1.91. The van der Waals surface area contributed by atoms with Crippen LogP contribution in [0.4, 0.5) is 0 Å². The highest BCUT2D eigenvalue weighted by Gasteiger charge is 1.97. The molecule has 0 aliphatic rings. The fraction of sp³-hybridized carbons (Fsp3) is 0.182. The summed E-state index contributed by atoms with van der Waals surface area (Å²) in [6.07, 6.45) is 3.09. The number of rotatable bonds is 4. The average Bonchev–Trinajstić information content (AvgIpc) is 2.25. The van der Waals surface area contributed by atoms with E-state index in [4.69, 9.17) is 0 Å². The van der Waals surface area contributed by atoms with Crippen molar-refractivity contribution in [2.24, 2.45) is 4.99 Å². The molecule has 0 atom stereocenters. The minimum atomic E-state index is 0.493. The highest BCUT2D eigenvalue weighted by molar-refractivity contribution is 5.89. The van der Waals surface area contributed by atoms with Gasteiger partial charge in [0.05, 0.1) is 0 Å². The predicted molar refractivity (Wildman–Crippen MR) is 55.4 cm³/mol. The van der Waals surface area contributed by atoms with Gasteiger partial charge in [0.1, 0.15) is 12.6 Å². The maximum atomic E-state index is 10.5. The number of carbonyl (C=O) groups excluding carboxylic acids is 2. The third-order valence-corrected chi connectivity index (χ3v) is 1.70. The van der Waals surface area contributed by atoms with Gasteiger partial charge in [0.25, 0.3) is 0 Å². The molecule has 0 fully saturated rings. The topological polar surface area (TPSA) is 46.5 Å². The number of aldehydes is 2. The fourth-order valence-electron chi connectivity index (χ4n) is 1.11. The largest absolute Gasteiger partial charge is 0.298 e. The Balaban J connectivity index is 3.10. The summed E-state index contributed by atoms with van der Waals surface area (Å²) in [5, 5.41) is 0. The van der Waals surface area contributed by atoms with E-state index in [0.717, 1.165) is 18.1 Å². The van der Waals surface area contributed by atoms with Crippen molar-refractivity contribution in [2.45, 2.75) is 6.92 Å². The molecule has 0 aliphatic carbocycles. The molecule has 14 heavy (non-hydrogen) atoms. The molecule has 1 aromatic rings. The second-order valence-corrected chi connectivity index (χ2v) is 2.80. The van der Waals surface area contributed by atoms with E-state index >= 15 is 0 Å². The SMILES string of the molecule is CCN=Cc1cc(C=O)cc(C=O)c1. The minimum absolute atomic E-state index is 0.493. The molecule has 0 amide bonds. The third-order valence-electron chi connectivity index (χ3n) is 1.70.